The number of halogens is 2. The van der Waals surface area contributed by atoms with Crippen LogP contribution in [0.4, 0.5) is 14.9 Å². The molecule has 2 rings (SSSR count). The van der Waals surface area contributed by atoms with Gasteiger partial charge >= 0.3 is 6.03 Å². The van der Waals surface area contributed by atoms with Crippen molar-refractivity contribution in [2.24, 2.45) is 0 Å². The Morgan fingerprint density at radius 3 is 2.89 bits per heavy atom. The number of furan rings is 1. The van der Waals surface area contributed by atoms with E-state index in [2.05, 4.69) is 26.6 Å². The first-order valence-electron chi connectivity index (χ1n) is 5.17. The van der Waals surface area contributed by atoms with E-state index in [-0.39, 0.29) is 12.4 Å². The SMILES string of the molecule is O=C(NCc1ccco1)Nc1ccc(F)cc1Br. The summed E-state index contributed by atoms with van der Waals surface area (Å²) < 4.78 is 18.4. The Hall–Kier alpha value is -1.82. The van der Waals surface area contributed by atoms with Crippen molar-refractivity contribution >= 4 is 27.6 Å². The van der Waals surface area contributed by atoms with E-state index in [4.69, 9.17) is 4.42 Å². The molecule has 1 aromatic heterocycles. The first kappa shape index (κ1) is 12.6. The molecule has 2 aromatic rings. The van der Waals surface area contributed by atoms with Gasteiger partial charge in [0.15, 0.2) is 0 Å². The number of amides is 2. The molecule has 18 heavy (non-hydrogen) atoms. The summed E-state index contributed by atoms with van der Waals surface area (Å²) in [6, 6.07) is 7.14. The van der Waals surface area contributed by atoms with Crippen molar-refractivity contribution in [3.05, 3.63) is 52.6 Å². The fraction of sp³-hybridized carbons (Fsp3) is 0.0833. The van der Waals surface area contributed by atoms with Crippen LogP contribution in [0.5, 0.6) is 0 Å². The lowest BCUT2D eigenvalue weighted by atomic mass is 10.3. The molecule has 2 amide bonds. The van der Waals surface area contributed by atoms with Crippen LogP contribution in [0.2, 0.25) is 0 Å². The highest BCUT2D eigenvalue weighted by atomic mass is 79.9. The number of anilines is 1. The molecule has 0 atom stereocenters. The topological polar surface area (TPSA) is 54.3 Å². The highest BCUT2D eigenvalue weighted by Gasteiger charge is 2.06. The van der Waals surface area contributed by atoms with Crippen molar-refractivity contribution in [1.82, 2.24) is 5.32 Å². The molecule has 94 valence electrons. The fourth-order valence-corrected chi connectivity index (χ4v) is 1.79. The molecule has 0 saturated heterocycles. The van der Waals surface area contributed by atoms with Gasteiger partial charge in [-0.25, -0.2) is 9.18 Å². The quantitative estimate of drug-likeness (QED) is 0.911. The van der Waals surface area contributed by atoms with Crippen LogP contribution in [-0.4, -0.2) is 6.03 Å². The maximum Gasteiger partial charge on any atom is 0.319 e. The lowest BCUT2D eigenvalue weighted by molar-refractivity contribution is 0.251. The molecule has 0 aliphatic carbocycles. The van der Waals surface area contributed by atoms with Gasteiger partial charge in [-0.05, 0) is 46.3 Å². The molecule has 0 aliphatic rings. The van der Waals surface area contributed by atoms with Gasteiger partial charge in [0, 0.05) is 4.47 Å². The lowest BCUT2D eigenvalue weighted by Crippen LogP contribution is -2.28. The van der Waals surface area contributed by atoms with E-state index in [9.17, 15) is 9.18 Å². The molecule has 4 nitrogen and oxygen atoms in total. The summed E-state index contributed by atoms with van der Waals surface area (Å²) in [4.78, 5) is 11.6. The molecule has 2 N–H and O–H groups in total. The average Bonchev–Trinajstić information content (AvgIpc) is 2.83. The molecule has 0 unspecified atom stereocenters. The van der Waals surface area contributed by atoms with E-state index in [1.54, 1.807) is 12.1 Å². The average molecular weight is 313 g/mol. The molecule has 1 aromatic carbocycles. The second-order valence-corrected chi connectivity index (χ2v) is 4.37. The van der Waals surface area contributed by atoms with Crippen molar-refractivity contribution in [1.29, 1.82) is 0 Å². The third kappa shape index (κ3) is 3.33. The van der Waals surface area contributed by atoms with Gasteiger partial charge in [0.25, 0.3) is 0 Å². The van der Waals surface area contributed by atoms with Crippen LogP contribution in [0.1, 0.15) is 5.76 Å². The largest absolute Gasteiger partial charge is 0.467 e. The monoisotopic (exact) mass is 312 g/mol. The molecule has 0 fully saturated rings. The summed E-state index contributed by atoms with van der Waals surface area (Å²) in [6.45, 7) is 0.289. The van der Waals surface area contributed by atoms with E-state index < -0.39 is 6.03 Å². The molecule has 0 saturated carbocycles. The first-order chi connectivity index (χ1) is 8.65. The number of nitrogens with one attached hydrogen (secondary N) is 2. The number of carbonyl (C=O) groups is 1. The minimum atomic E-state index is -0.390. The van der Waals surface area contributed by atoms with E-state index in [1.807, 2.05) is 0 Å². The van der Waals surface area contributed by atoms with Crippen LogP contribution in [0.15, 0.2) is 45.5 Å². The minimum absolute atomic E-state index is 0.289. The fourth-order valence-electron chi connectivity index (χ4n) is 1.34. The van der Waals surface area contributed by atoms with Gasteiger partial charge < -0.3 is 15.1 Å². The van der Waals surface area contributed by atoms with Crippen molar-refractivity contribution in [3.63, 3.8) is 0 Å². The summed E-state index contributed by atoms with van der Waals surface area (Å²) >= 11 is 3.16. The number of hydrogen-bond donors (Lipinski definition) is 2. The van der Waals surface area contributed by atoms with Gasteiger partial charge in [0.2, 0.25) is 0 Å². The van der Waals surface area contributed by atoms with Crippen molar-refractivity contribution in [3.8, 4) is 0 Å². The van der Waals surface area contributed by atoms with Crippen LogP contribution in [0.3, 0.4) is 0 Å². The standard InChI is InChI=1S/C12H10BrFN2O2/c13-10-6-8(14)3-4-11(10)16-12(17)15-7-9-2-1-5-18-9/h1-6H,7H2,(H2,15,16,17). The normalized spacial score (nSPS) is 10.1. The molecular formula is C12H10BrFN2O2. The number of rotatable bonds is 3. The summed E-state index contributed by atoms with van der Waals surface area (Å²) in [5.41, 5.74) is 0.494. The number of benzene rings is 1. The van der Waals surface area contributed by atoms with Gasteiger partial charge in [-0.1, -0.05) is 0 Å². The van der Waals surface area contributed by atoms with Gasteiger partial charge in [-0.3, -0.25) is 0 Å². The van der Waals surface area contributed by atoms with Crippen molar-refractivity contribution < 1.29 is 13.6 Å². The van der Waals surface area contributed by atoms with Crippen molar-refractivity contribution in [2.45, 2.75) is 6.54 Å². The smallest absolute Gasteiger partial charge is 0.319 e. The Morgan fingerprint density at radius 2 is 2.22 bits per heavy atom. The number of urea groups is 1. The van der Waals surface area contributed by atoms with Crippen LogP contribution >= 0.6 is 15.9 Å². The van der Waals surface area contributed by atoms with Crippen LogP contribution in [-0.2, 0) is 6.54 Å². The first-order valence-corrected chi connectivity index (χ1v) is 5.97. The highest BCUT2D eigenvalue weighted by Crippen LogP contribution is 2.22. The molecule has 0 radical (unpaired) electrons. The van der Waals surface area contributed by atoms with Crippen LogP contribution in [0, 0.1) is 5.82 Å². The lowest BCUT2D eigenvalue weighted by Gasteiger charge is -2.08. The van der Waals surface area contributed by atoms with Gasteiger partial charge in [0.1, 0.15) is 11.6 Å². The molecule has 0 bridgehead atoms. The Morgan fingerprint density at radius 1 is 1.39 bits per heavy atom. The predicted molar refractivity (Wildman–Crippen MR) is 68.7 cm³/mol. The molecule has 0 aliphatic heterocycles. The van der Waals surface area contributed by atoms with E-state index in [1.165, 1.54) is 24.5 Å². The second-order valence-electron chi connectivity index (χ2n) is 3.51. The highest BCUT2D eigenvalue weighted by molar-refractivity contribution is 9.10. The number of carbonyl (C=O) groups excluding carboxylic acids is 1. The summed E-state index contributed by atoms with van der Waals surface area (Å²) in [5, 5.41) is 5.21. The summed E-state index contributed by atoms with van der Waals surface area (Å²) in [7, 11) is 0. The Balaban J connectivity index is 1.91. The zero-order chi connectivity index (χ0) is 13.0. The predicted octanol–water partition coefficient (Wildman–Crippen LogP) is 3.50. The minimum Gasteiger partial charge on any atom is -0.467 e. The third-order valence-electron chi connectivity index (χ3n) is 2.18. The summed E-state index contributed by atoms with van der Waals surface area (Å²) in [6.07, 6.45) is 1.53. The molecule has 6 heteroatoms. The number of hydrogen-bond acceptors (Lipinski definition) is 2. The summed E-state index contributed by atoms with van der Waals surface area (Å²) in [5.74, 6) is 0.284. The Bertz CT molecular complexity index is 543. The Labute approximate surface area is 111 Å². The maximum atomic E-state index is 12.8. The van der Waals surface area contributed by atoms with Crippen LogP contribution < -0.4 is 10.6 Å². The van der Waals surface area contributed by atoms with E-state index in [0.29, 0.717) is 15.9 Å². The maximum absolute atomic E-state index is 12.8. The van der Waals surface area contributed by atoms with E-state index >= 15 is 0 Å². The molecular weight excluding hydrogens is 303 g/mol. The Kier molecular flexibility index (Phi) is 3.99. The van der Waals surface area contributed by atoms with Crippen molar-refractivity contribution in [2.75, 3.05) is 5.32 Å². The van der Waals surface area contributed by atoms with Gasteiger partial charge in [-0.2, -0.15) is 0 Å². The zero-order valence-corrected chi connectivity index (χ0v) is 10.8. The van der Waals surface area contributed by atoms with Crippen LogP contribution in [0.25, 0.3) is 0 Å². The second kappa shape index (κ2) is 5.68. The van der Waals surface area contributed by atoms with E-state index in [0.717, 1.165) is 0 Å². The molecule has 0 spiro atoms. The van der Waals surface area contributed by atoms with Gasteiger partial charge in [0.05, 0.1) is 18.5 Å². The zero-order valence-electron chi connectivity index (χ0n) is 9.24. The third-order valence-corrected chi connectivity index (χ3v) is 2.84. The molecule has 1 heterocycles. The van der Waals surface area contributed by atoms with Gasteiger partial charge in [-0.15, -0.1) is 0 Å².